The van der Waals surface area contributed by atoms with E-state index in [0.717, 1.165) is 0 Å². The topological polar surface area (TPSA) is 0 Å². The van der Waals surface area contributed by atoms with Gasteiger partial charge in [0.2, 0.25) is 0 Å². The van der Waals surface area contributed by atoms with Crippen LogP contribution in [0.15, 0.2) is 0 Å². The Balaban J connectivity index is -0.0000000200. The van der Waals surface area contributed by atoms with Crippen LogP contribution in [0.2, 0.25) is 0 Å². The van der Waals surface area contributed by atoms with Gasteiger partial charge in [-0.2, -0.15) is 0 Å². The summed E-state index contributed by atoms with van der Waals surface area (Å²) in [7, 11) is 9.40. The van der Waals surface area contributed by atoms with Crippen LogP contribution in [0.25, 0.3) is 0 Å². The average Bonchev–Trinajstić information content (AvgIpc) is 0.918. The van der Waals surface area contributed by atoms with Gasteiger partial charge < -0.3 is 0 Å². The molecule has 0 aliphatic heterocycles. The third-order valence-electron chi connectivity index (χ3n) is 0. The van der Waals surface area contributed by atoms with E-state index in [9.17, 15) is 0 Å². The quantitative estimate of drug-likeness (QED) is 0.567. The third kappa shape index (κ3) is 23.4. The van der Waals surface area contributed by atoms with E-state index < -0.39 is 0 Å². The van der Waals surface area contributed by atoms with Crippen molar-refractivity contribution in [3.05, 3.63) is 0 Å². The summed E-state index contributed by atoms with van der Waals surface area (Å²) in [6.45, 7) is 0. The Labute approximate surface area is 65.8 Å². The number of rotatable bonds is 0. The van der Waals surface area contributed by atoms with Crippen molar-refractivity contribution in [1.82, 2.24) is 0 Å². The van der Waals surface area contributed by atoms with Gasteiger partial charge in [-0.25, -0.2) is 0 Å². The zero-order chi connectivity index (χ0) is 2.71. The average molecular weight is 247 g/mol. The van der Waals surface area contributed by atoms with Crippen LogP contribution in [-0.2, 0) is 45.9 Å². The van der Waals surface area contributed by atoms with Crippen molar-refractivity contribution in [3.63, 3.8) is 0 Å². The van der Waals surface area contributed by atoms with Crippen molar-refractivity contribution in [2.45, 2.75) is 0 Å². The fourth-order valence-corrected chi connectivity index (χ4v) is 0. The summed E-state index contributed by atoms with van der Waals surface area (Å²) in [5, 5.41) is 0. The summed E-state index contributed by atoms with van der Waals surface area (Å²) in [5.41, 5.74) is 0. The maximum Gasteiger partial charge on any atom is 0 e. The van der Waals surface area contributed by atoms with Crippen molar-refractivity contribution < 1.29 is 45.9 Å². The first-order valence-electron chi connectivity index (χ1n) is 0.239. The summed E-state index contributed by atoms with van der Waals surface area (Å²) < 4.78 is 0. The number of hydrogen-bond donors (Lipinski definition) is 0. The molecule has 0 spiro atoms. The molecular weight excluding hydrogens is 247 g/mol. The molecule has 0 rings (SSSR count). The van der Waals surface area contributed by atoms with E-state index in [0.29, 0.717) is 12.7 Å². The van der Waals surface area contributed by atoms with Gasteiger partial charge in [0.05, 0.1) is 0 Å². The molecule has 0 nitrogen and oxygen atoms in total. The molecule has 0 N–H and O–H groups in total. The van der Waals surface area contributed by atoms with Crippen molar-refractivity contribution >= 4 is 20.4 Å². The molecule has 0 aromatic rings. The third-order valence-corrected chi connectivity index (χ3v) is 0. The number of halogens is 2. The van der Waals surface area contributed by atoms with Crippen LogP contribution < -0.4 is 0 Å². The summed E-state index contributed by atoms with van der Waals surface area (Å²) in [5.74, 6) is 0. The van der Waals surface area contributed by atoms with Gasteiger partial charge in [0.1, 0.15) is 0 Å². The van der Waals surface area contributed by atoms with Crippen LogP contribution in [-0.4, -0.2) is 0 Å². The number of hydrogen-bond acceptors (Lipinski definition) is 0. The molecule has 0 aromatic carbocycles. The van der Waals surface area contributed by atoms with Crippen molar-refractivity contribution in [2.24, 2.45) is 0 Å². The smallest absolute Gasteiger partial charge is 0 e. The first kappa shape index (κ1) is 15.7. The molecule has 5 heavy (non-hydrogen) atoms. The summed E-state index contributed by atoms with van der Waals surface area (Å²) in [6.07, 6.45) is 0. The molecule has 0 saturated heterocycles. The van der Waals surface area contributed by atoms with Crippen LogP contribution in [0.5, 0.6) is 0 Å². The van der Waals surface area contributed by atoms with Gasteiger partial charge in [-0.3, -0.25) is 0 Å². The Kier molecular flexibility index (Phi) is 52.0. The molecule has 0 aromatic heterocycles. The zero-order valence-electron chi connectivity index (χ0n) is 1.72. The van der Waals surface area contributed by atoms with Crippen molar-refractivity contribution in [1.29, 1.82) is 0 Å². The zero-order valence-corrected chi connectivity index (χ0v) is 6.25. The normalized spacial score (nSPS) is 4.40. The fraction of sp³-hybridized carbons (Fsp3) is 0. The Morgan fingerprint density at radius 2 is 1.20 bits per heavy atom. The van der Waals surface area contributed by atoms with E-state index >= 15 is 0 Å². The minimum Gasteiger partial charge on any atom is 0 e. The molecular formula is Cl2CoNi2. The molecule has 5 heteroatoms. The second-order valence-corrected chi connectivity index (χ2v) is 1.68. The van der Waals surface area contributed by atoms with Crippen LogP contribution >= 0.6 is 20.4 Å². The van der Waals surface area contributed by atoms with Gasteiger partial charge in [0.25, 0.3) is 0 Å². The summed E-state index contributed by atoms with van der Waals surface area (Å²) in [6, 6.07) is 0. The molecule has 0 bridgehead atoms. The van der Waals surface area contributed by atoms with Gasteiger partial charge in [0, 0.05) is 33.3 Å². The van der Waals surface area contributed by atoms with Crippen molar-refractivity contribution in [3.8, 4) is 0 Å². The van der Waals surface area contributed by atoms with Gasteiger partial charge in [0.15, 0.2) is 0 Å². The minimum atomic E-state index is 0. The van der Waals surface area contributed by atoms with E-state index in [4.69, 9.17) is 20.4 Å². The maximum absolute atomic E-state index is 4.70. The molecule has 1 radical (unpaired) electrons. The Hall–Kier alpha value is 2.07. The molecule has 43 valence electrons. The van der Waals surface area contributed by atoms with E-state index in [1.165, 1.54) is 0 Å². The van der Waals surface area contributed by atoms with Crippen molar-refractivity contribution in [2.75, 3.05) is 0 Å². The molecule has 0 amide bonds. The SMILES string of the molecule is [Cl][Ni][Cl].[Co].[Ni]. The molecule has 0 aliphatic carbocycles. The Bertz CT molecular complexity index is 7.61. The first-order valence-corrected chi connectivity index (χ1v) is 2.96. The van der Waals surface area contributed by atoms with Crippen LogP contribution in [0, 0.1) is 0 Å². The van der Waals surface area contributed by atoms with Gasteiger partial charge in [-0.15, -0.1) is 0 Å². The van der Waals surface area contributed by atoms with Crippen LogP contribution in [0.4, 0.5) is 0 Å². The molecule has 0 unspecified atom stereocenters. The Morgan fingerprint density at radius 3 is 1.20 bits per heavy atom. The monoisotopic (exact) mass is 245 g/mol. The first-order chi connectivity index (χ1) is 1.41. The van der Waals surface area contributed by atoms with E-state index in [2.05, 4.69) is 0 Å². The van der Waals surface area contributed by atoms with Crippen LogP contribution in [0.3, 0.4) is 0 Å². The maximum atomic E-state index is 4.70. The second-order valence-electron chi connectivity index (χ2n) is 0.0452. The van der Waals surface area contributed by atoms with E-state index in [1.807, 2.05) is 0 Å². The molecule has 0 fully saturated rings. The van der Waals surface area contributed by atoms with Gasteiger partial charge >= 0.3 is 33.0 Å². The standard InChI is InChI=1S/2ClH.Co.2Ni/h2*1H;;;/q;;;;+2/p-2. The summed E-state index contributed by atoms with van der Waals surface area (Å²) in [4.78, 5) is 0. The van der Waals surface area contributed by atoms with Gasteiger partial charge in [-0.05, 0) is 0 Å². The molecule has 0 atom stereocenters. The minimum absolute atomic E-state index is 0. The molecule has 0 heterocycles. The Morgan fingerprint density at radius 1 is 1.20 bits per heavy atom. The largest absolute Gasteiger partial charge is 0 e. The molecule has 0 aliphatic rings. The van der Waals surface area contributed by atoms with Crippen LogP contribution in [0.1, 0.15) is 0 Å². The molecule has 0 saturated carbocycles. The fourth-order valence-electron chi connectivity index (χ4n) is 0. The van der Waals surface area contributed by atoms with E-state index in [1.54, 1.807) is 0 Å². The van der Waals surface area contributed by atoms with E-state index in [-0.39, 0.29) is 33.3 Å². The van der Waals surface area contributed by atoms with Gasteiger partial charge in [-0.1, -0.05) is 0 Å². The second kappa shape index (κ2) is 16.5. The summed E-state index contributed by atoms with van der Waals surface area (Å²) >= 11 is 0.569. The predicted molar refractivity (Wildman–Crippen MR) is 11.7 cm³/mol. The predicted octanol–water partition coefficient (Wildman–Crippen LogP) is 1.37.